The molecule has 3 unspecified atom stereocenters. The zero-order valence-electron chi connectivity index (χ0n) is 15.9. The van der Waals surface area contributed by atoms with E-state index in [1.165, 1.54) is 4.90 Å². The summed E-state index contributed by atoms with van der Waals surface area (Å²) in [4.78, 5) is 45.4. The molecule has 0 radical (unpaired) electrons. The van der Waals surface area contributed by atoms with Gasteiger partial charge in [0, 0.05) is 45.0 Å². The number of pyridine rings is 1. The van der Waals surface area contributed by atoms with Crippen LogP contribution in [-0.2, 0) is 14.4 Å². The maximum Gasteiger partial charge on any atom is 0.233 e. The molecule has 2 saturated heterocycles. The third kappa shape index (κ3) is 3.91. The summed E-state index contributed by atoms with van der Waals surface area (Å²) in [7, 11) is 0. The lowest BCUT2D eigenvalue weighted by molar-refractivity contribution is -0.141. The van der Waals surface area contributed by atoms with E-state index < -0.39 is 0 Å². The molecule has 3 aliphatic rings. The smallest absolute Gasteiger partial charge is 0.233 e. The van der Waals surface area contributed by atoms with E-state index in [0.717, 1.165) is 37.8 Å². The molecule has 3 amide bonds. The molecule has 3 heterocycles. The number of halogens is 1. The van der Waals surface area contributed by atoms with Crippen molar-refractivity contribution in [3.05, 3.63) is 30.1 Å². The van der Waals surface area contributed by atoms with Gasteiger partial charge >= 0.3 is 0 Å². The highest BCUT2D eigenvalue weighted by atomic mass is 35.5. The Kier molecular flexibility index (Phi) is 6.67. The lowest BCUT2D eigenvalue weighted by Crippen LogP contribution is -2.49. The Labute approximate surface area is 171 Å². The summed E-state index contributed by atoms with van der Waals surface area (Å²) in [6.07, 6.45) is 7.34. The number of carbonyl (C=O) groups excluding carboxylic acids is 3. The van der Waals surface area contributed by atoms with Crippen molar-refractivity contribution in [1.82, 2.24) is 20.1 Å². The van der Waals surface area contributed by atoms with Crippen LogP contribution in [0.2, 0.25) is 0 Å². The Balaban J connectivity index is 0.00000225. The monoisotopic (exact) mass is 406 g/mol. The number of nitrogens with zero attached hydrogens (tertiary/aromatic N) is 3. The van der Waals surface area contributed by atoms with Gasteiger partial charge in [-0.2, -0.15) is 0 Å². The van der Waals surface area contributed by atoms with Gasteiger partial charge in [-0.15, -0.1) is 12.4 Å². The molecule has 1 aromatic heterocycles. The van der Waals surface area contributed by atoms with Crippen molar-refractivity contribution in [3.63, 3.8) is 0 Å². The largest absolute Gasteiger partial charge is 0.333 e. The number of carbonyl (C=O) groups is 3. The minimum Gasteiger partial charge on any atom is -0.333 e. The molecular weight excluding hydrogens is 380 g/mol. The van der Waals surface area contributed by atoms with Gasteiger partial charge in [-0.05, 0) is 24.5 Å². The molecule has 1 aliphatic carbocycles. The van der Waals surface area contributed by atoms with E-state index in [-0.39, 0.29) is 61.0 Å². The number of nitrogens with one attached hydrogen (secondary N) is 1. The molecule has 0 aromatic carbocycles. The zero-order valence-corrected chi connectivity index (χ0v) is 16.7. The fourth-order valence-electron chi connectivity index (χ4n) is 4.68. The molecule has 8 heteroatoms. The fourth-order valence-corrected chi connectivity index (χ4v) is 4.68. The second-order valence-corrected chi connectivity index (χ2v) is 7.67. The number of imide groups is 1. The van der Waals surface area contributed by atoms with Crippen LogP contribution in [0.3, 0.4) is 0 Å². The zero-order chi connectivity index (χ0) is 18.8. The van der Waals surface area contributed by atoms with Crippen LogP contribution < -0.4 is 5.32 Å². The SMILES string of the molecule is Cl.O=C1C2CCCCC2C(=O)N1CCC(=O)N1CCNCC1c1cccnc1. The predicted octanol–water partition coefficient (Wildman–Crippen LogP) is 1.54. The van der Waals surface area contributed by atoms with E-state index in [1.54, 1.807) is 12.4 Å². The molecule has 0 spiro atoms. The summed E-state index contributed by atoms with van der Waals surface area (Å²) in [6, 6.07) is 3.78. The summed E-state index contributed by atoms with van der Waals surface area (Å²) in [6.45, 7) is 2.25. The van der Waals surface area contributed by atoms with Crippen LogP contribution in [0, 0.1) is 11.8 Å². The van der Waals surface area contributed by atoms with Crippen molar-refractivity contribution in [3.8, 4) is 0 Å². The Bertz CT molecular complexity index is 705. The Hall–Kier alpha value is -1.99. The van der Waals surface area contributed by atoms with Gasteiger partial charge in [0.1, 0.15) is 0 Å². The van der Waals surface area contributed by atoms with Gasteiger partial charge in [0.2, 0.25) is 17.7 Å². The third-order valence-electron chi connectivity index (χ3n) is 6.11. The van der Waals surface area contributed by atoms with Crippen molar-refractivity contribution in [2.75, 3.05) is 26.2 Å². The van der Waals surface area contributed by atoms with Crippen LogP contribution in [-0.4, -0.2) is 58.7 Å². The Morgan fingerprint density at radius 1 is 1.18 bits per heavy atom. The second-order valence-electron chi connectivity index (χ2n) is 7.67. The molecule has 3 atom stereocenters. The predicted molar refractivity (Wildman–Crippen MR) is 106 cm³/mol. The van der Waals surface area contributed by atoms with Gasteiger partial charge in [-0.3, -0.25) is 24.3 Å². The standard InChI is InChI=1S/C20H26N4O3.ClH/c25-18(23-11-9-22-13-17(23)14-4-3-8-21-12-14)7-10-24-19(26)15-5-1-2-6-16(15)20(24)27;/h3-4,8,12,15-17,22H,1-2,5-7,9-11,13H2;1H. The van der Waals surface area contributed by atoms with E-state index in [4.69, 9.17) is 0 Å². The summed E-state index contributed by atoms with van der Waals surface area (Å²) >= 11 is 0. The average Bonchev–Trinajstić information content (AvgIpc) is 2.97. The first kappa shape index (κ1) is 20.7. The van der Waals surface area contributed by atoms with Gasteiger partial charge in [-0.1, -0.05) is 18.9 Å². The molecule has 1 N–H and O–H groups in total. The molecule has 28 heavy (non-hydrogen) atoms. The van der Waals surface area contributed by atoms with Crippen LogP contribution in [0.25, 0.3) is 0 Å². The number of amides is 3. The molecule has 1 saturated carbocycles. The lowest BCUT2D eigenvalue weighted by Gasteiger charge is -2.36. The third-order valence-corrected chi connectivity index (χ3v) is 6.11. The lowest BCUT2D eigenvalue weighted by atomic mass is 9.81. The van der Waals surface area contributed by atoms with Gasteiger partial charge in [0.25, 0.3) is 0 Å². The molecule has 3 fully saturated rings. The molecule has 1 aromatic rings. The number of aromatic nitrogens is 1. The fraction of sp³-hybridized carbons (Fsp3) is 0.600. The Morgan fingerprint density at radius 3 is 2.54 bits per heavy atom. The number of hydrogen-bond acceptors (Lipinski definition) is 5. The van der Waals surface area contributed by atoms with Crippen LogP contribution in [0.15, 0.2) is 24.5 Å². The Morgan fingerprint density at radius 2 is 1.89 bits per heavy atom. The van der Waals surface area contributed by atoms with Gasteiger partial charge in [0.05, 0.1) is 17.9 Å². The highest BCUT2D eigenvalue weighted by Crippen LogP contribution is 2.38. The number of fused-ring (bicyclic) bond motifs is 1. The first-order chi connectivity index (χ1) is 13.2. The molecule has 4 rings (SSSR count). The minimum atomic E-state index is -0.149. The highest BCUT2D eigenvalue weighted by molar-refractivity contribution is 6.05. The summed E-state index contributed by atoms with van der Waals surface area (Å²) in [5, 5.41) is 3.32. The van der Waals surface area contributed by atoms with Gasteiger partial charge in [0.15, 0.2) is 0 Å². The number of hydrogen-bond donors (Lipinski definition) is 1. The molecule has 2 aliphatic heterocycles. The molecule has 7 nitrogen and oxygen atoms in total. The van der Waals surface area contributed by atoms with E-state index in [1.807, 2.05) is 17.0 Å². The maximum absolute atomic E-state index is 12.9. The van der Waals surface area contributed by atoms with E-state index in [0.29, 0.717) is 13.1 Å². The van der Waals surface area contributed by atoms with Crippen LogP contribution in [0.1, 0.15) is 43.7 Å². The molecular formula is C20H27ClN4O3. The van der Waals surface area contributed by atoms with E-state index in [9.17, 15) is 14.4 Å². The van der Waals surface area contributed by atoms with Crippen LogP contribution in [0.5, 0.6) is 0 Å². The van der Waals surface area contributed by atoms with Crippen LogP contribution in [0.4, 0.5) is 0 Å². The number of likely N-dealkylation sites (tertiary alicyclic amines) is 1. The second kappa shape index (κ2) is 9.01. The summed E-state index contributed by atoms with van der Waals surface area (Å²) < 4.78 is 0. The highest BCUT2D eigenvalue weighted by Gasteiger charge is 2.48. The normalized spacial score (nSPS) is 27.4. The summed E-state index contributed by atoms with van der Waals surface area (Å²) in [5.74, 6) is -0.448. The van der Waals surface area contributed by atoms with Crippen molar-refractivity contribution < 1.29 is 14.4 Å². The van der Waals surface area contributed by atoms with Crippen molar-refractivity contribution in [2.24, 2.45) is 11.8 Å². The maximum atomic E-state index is 12.9. The van der Waals surface area contributed by atoms with Gasteiger partial charge < -0.3 is 10.2 Å². The van der Waals surface area contributed by atoms with Crippen molar-refractivity contribution in [1.29, 1.82) is 0 Å². The van der Waals surface area contributed by atoms with Crippen molar-refractivity contribution >= 4 is 30.1 Å². The first-order valence-corrected chi connectivity index (χ1v) is 9.92. The quantitative estimate of drug-likeness (QED) is 0.767. The first-order valence-electron chi connectivity index (χ1n) is 9.92. The van der Waals surface area contributed by atoms with Crippen LogP contribution >= 0.6 is 12.4 Å². The topological polar surface area (TPSA) is 82.6 Å². The molecule has 152 valence electrons. The average molecular weight is 407 g/mol. The molecule has 0 bridgehead atoms. The van der Waals surface area contributed by atoms with Crippen molar-refractivity contribution in [2.45, 2.75) is 38.1 Å². The van der Waals surface area contributed by atoms with Gasteiger partial charge in [-0.25, -0.2) is 0 Å². The number of piperazine rings is 1. The minimum absolute atomic E-state index is 0. The number of rotatable bonds is 4. The summed E-state index contributed by atoms with van der Waals surface area (Å²) in [5.41, 5.74) is 0.998. The van der Waals surface area contributed by atoms with E-state index >= 15 is 0 Å². The van der Waals surface area contributed by atoms with E-state index in [2.05, 4.69) is 10.3 Å².